The van der Waals surface area contributed by atoms with Gasteiger partial charge in [0, 0.05) is 23.4 Å². The van der Waals surface area contributed by atoms with Crippen LogP contribution < -0.4 is 5.32 Å². The van der Waals surface area contributed by atoms with Crippen LogP contribution in [-0.4, -0.2) is 23.9 Å². The molecule has 0 saturated carbocycles. The fraction of sp³-hybridized carbons (Fsp3) is 0.227. The summed E-state index contributed by atoms with van der Waals surface area (Å²) >= 11 is 0. The van der Waals surface area contributed by atoms with Gasteiger partial charge >= 0.3 is 0 Å². The van der Waals surface area contributed by atoms with Gasteiger partial charge in [-0.25, -0.2) is 4.39 Å². The average Bonchev–Trinajstić information content (AvgIpc) is 3.11. The smallest absolute Gasteiger partial charge is 0.186 e. The Morgan fingerprint density at radius 1 is 1.12 bits per heavy atom. The van der Waals surface area contributed by atoms with E-state index in [1.54, 1.807) is 12.1 Å². The number of hydrogen-bond acceptors (Lipinski definition) is 2. The topological polar surface area (TPSA) is 44.9 Å². The first-order valence-electron chi connectivity index (χ1n) is 8.94. The number of piperidine rings is 1. The Kier molecular flexibility index (Phi) is 4.43. The second-order valence-electron chi connectivity index (χ2n) is 6.74. The number of carbonyl (C=O) groups excluding carboxylic acids is 1. The Morgan fingerprint density at radius 2 is 1.88 bits per heavy atom. The Morgan fingerprint density at radius 3 is 2.65 bits per heavy atom. The van der Waals surface area contributed by atoms with Crippen LogP contribution in [0.3, 0.4) is 0 Å². The summed E-state index contributed by atoms with van der Waals surface area (Å²) in [4.78, 5) is 16.3. The first-order chi connectivity index (χ1) is 12.7. The number of halogens is 1. The number of benzene rings is 2. The van der Waals surface area contributed by atoms with Gasteiger partial charge in [0.1, 0.15) is 5.82 Å². The first kappa shape index (κ1) is 16.7. The van der Waals surface area contributed by atoms with Crippen molar-refractivity contribution in [1.29, 1.82) is 0 Å². The number of H-pyrrole nitrogens is 1. The van der Waals surface area contributed by atoms with E-state index in [1.807, 2.05) is 37.3 Å². The Hall–Kier alpha value is -2.72. The van der Waals surface area contributed by atoms with Gasteiger partial charge in [0.05, 0.1) is 5.69 Å². The molecule has 26 heavy (non-hydrogen) atoms. The molecule has 1 atom stereocenters. The van der Waals surface area contributed by atoms with E-state index in [0.29, 0.717) is 5.69 Å². The van der Waals surface area contributed by atoms with Gasteiger partial charge in [-0.2, -0.15) is 0 Å². The number of hydrogen-bond donors (Lipinski definition) is 2. The lowest BCUT2D eigenvalue weighted by molar-refractivity contribution is 0.0922. The Bertz CT molecular complexity index is 985. The summed E-state index contributed by atoms with van der Waals surface area (Å²) < 4.78 is 13.1. The van der Waals surface area contributed by atoms with E-state index in [2.05, 4.69) is 10.3 Å². The summed E-state index contributed by atoms with van der Waals surface area (Å²) in [6, 6.07) is 14.4. The van der Waals surface area contributed by atoms with Crippen LogP contribution in [0.1, 0.15) is 23.8 Å². The zero-order valence-corrected chi connectivity index (χ0v) is 14.7. The third-order valence-electron chi connectivity index (χ3n) is 5.14. The highest BCUT2D eigenvalue weighted by molar-refractivity contribution is 6.02. The number of aromatic nitrogens is 1. The predicted octanol–water partition coefficient (Wildman–Crippen LogP) is 4.71. The molecule has 1 aliphatic heterocycles. The summed E-state index contributed by atoms with van der Waals surface area (Å²) in [7, 11) is 0. The Balaban J connectivity index is 1.67. The number of allylic oxidation sites excluding steroid dienone is 1. The van der Waals surface area contributed by atoms with E-state index in [0.717, 1.165) is 47.1 Å². The van der Waals surface area contributed by atoms with Gasteiger partial charge in [0.15, 0.2) is 5.78 Å². The fourth-order valence-corrected chi connectivity index (χ4v) is 3.67. The predicted molar refractivity (Wildman–Crippen MR) is 103 cm³/mol. The zero-order valence-electron chi connectivity index (χ0n) is 14.7. The molecule has 2 aromatic carbocycles. The van der Waals surface area contributed by atoms with Crippen molar-refractivity contribution in [1.82, 2.24) is 10.3 Å². The van der Waals surface area contributed by atoms with Gasteiger partial charge in [-0.15, -0.1) is 0 Å². The van der Waals surface area contributed by atoms with Crippen LogP contribution >= 0.6 is 0 Å². The van der Waals surface area contributed by atoms with E-state index in [-0.39, 0.29) is 17.5 Å². The summed E-state index contributed by atoms with van der Waals surface area (Å²) in [5.74, 6) is -0.142. The minimum atomic E-state index is -0.244. The van der Waals surface area contributed by atoms with Crippen LogP contribution in [0.25, 0.3) is 22.0 Å². The summed E-state index contributed by atoms with van der Waals surface area (Å²) in [5.41, 5.74) is 4.72. The zero-order chi connectivity index (χ0) is 18.1. The van der Waals surface area contributed by atoms with Crippen molar-refractivity contribution in [3.05, 3.63) is 71.7 Å². The van der Waals surface area contributed by atoms with Crippen LogP contribution in [0.2, 0.25) is 0 Å². The lowest BCUT2D eigenvalue weighted by atomic mass is 9.87. The summed E-state index contributed by atoms with van der Waals surface area (Å²) in [6.07, 6.45) is 2.87. The number of Topliss-reactive ketones (excluding diaryl/α,β-unsaturated/α-hetero) is 1. The maximum absolute atomic E-state index is 13.1. The number of ketones is 1. The molecular formula is C22H21FN2O. The number of rotatable bonds is 3. The monoisotopic (exact) mass is 348 g/mol. The molecule has 0 spiro atoms. The van der Waals surface area contributed by atoms with E-state index in [1.165, 1.54) is 12.1 Å². The molecule has 1 saturated heterocycles. The van der Waals surface area contributed by atoms with Gasteiger partial charge < -0.3 is 10.3 Å². The first-order valence-corrected chi connectivity index (χ1v) is 8.94. The van der Waals surface area contributed by atoms with Gasteiger partial charge in [0.25, 0.3) is 0 Å². The molecule has 2 heterocycles. The molecular weight excluding hydrogens is 327 g/mol. The molecule has 4 rings (SSSR count). The van der Waals surface area contributed by atoms with Crippen molar-refractivity contribution in [2.45, 2.75) is 13.3 Å². The minimum Gasteiger partial charge on any atom is -0.352 e. The molecule has 2 N–H and O–H groups in total. The lowest BCUT2D eigenvalue weighted by Gasteiger charge is -2.24. The van der Waals surface area contributed by atoms with Crippen molar-refractivity contribution in [2.75, 3.05) is 13.1 Å². The SMILES string of the molecule is C/C=C1/CNCC[C@H]1C(=O)c1cc2cc(-c3ccc(F)cc3)ccc2[nH]1. The van der Waals surface area contributed by atoms with Crippen LogP contribution in [0.4, 0.5) is 4.39 Å². The second kappa shape index (κ2) is 6.89. The van der Waals surface area contributed by atoms with Crippen molar-refractivity contribution in [3.63, 3.8) is 0 Å². The van der Waals surface area contributed by atoms with Crippen molar-refractivity contribution in [3.8, 4) is 11.1 Å². The molecule has 132 valence electrons. The fourth-order valence-electron chi connectivity index (χ4n) is 3.67. The minimum absolute atomic E-state index is 0.0501. The molecule has 4 heteroatoms. The van der Waals surface area contributed by atoms with Crippen molar-refractivity contribution < 1.29 is 9.18 Å². The Labute approximate surface area is 151 Å². The molecule has 3 aromatic rings. The number of nitrogens with one attached hydrogen (secondary N) is 2. The van der Waals surface area contributed by atoms with E-state index >= 15 is 0 Å². The number of fused-ring (bicyclic) bond motifs is 1. The quantitative estimate of drug-likeness (QED) is 0.532. The molecule has 0 amide bonds. The molecule has 0 bridgehead atoms. The lowest BCUT2D eigenvalue weighted by Crippen LogP contribution is -2.34. The van der Waals surface area contributed by atoms with Crippen molar-refractivity contribution in [2.24, 2.45) is 5.92 Å². The standard InChI is InChI=1S/C22H21FN2O/c1-2-14-13-24-10-9-19(14)22(26)21-12-17-11-16(5-8-20(17)25-21)15-3-6-18(23)7-4-15/h2-8,11-12,19,24-25H,9-10,13H2,1H3/b14-2-/t19-/m1/s1. The highest BCUT2D eigenvalue weighted by Crippen LogP contribution is 2.28. The summed E-state index contributed by atoms with van der Waals surface area (Å²) in [6.45, 7) is 3.63. The third-order valence-corrected chi connectivity index (χ3v) is 5.14. The molecule has 0 aliphatic carbocycles. The number of aromatic amines is 1. The molecule has 0 unspecified atom stereocenters. The van der Waals surface area contributed by atoms with Gasteiger partial charge in [-0.3, -0.25) is 4.79 Å². The van der Waals surface area contributed by atoms with Crippen LogP contribution in [0, 0.1) is 11.7 Å². The van der Waals surface area contributed by atoms with E-state index < -0.39 is 0 Å². The molecule has 3 nitrogen and oxygen atoms in total. The van der Waals surface area contributed by atoms with Gasteiger partial charge in [-0.05, 0) is 66.9 Å². The largest absolute Gasteiger partial charge is 0.352 e. The maximum atomic E-state index is 13.1. The van der Waals surface area contributed by atoms with E-state index in [9.17, 15) is 9.18 Å². The highest BCUT2D eigenvalue weighted by Gasteiger charge is 2.27. The molecule has 1 aliphatic rings. The number of carbonyl (C=O) groups is 1. The maximum Gasteiger partial charge on any atom is 0.186 e. The van der Waals surface area contributed by atoms with E-state index in [4.69, 9.17) is 0 Å². The highest BCUT2D eigenvalue weighted by atomic mass is 19.1. The third kappa shape index (κ3) is 3.08. The summed E-state index contributed by atoms with van der Waals surface area (Å²) in [5, 5.41) is 4.31. The van der Waals surface area contributed by atoms with Crippen LogP contribution in [0.15, 0.2) is 60.2 Å². The normalized spacial score (nSPS) is 19.2. The van der Waals surface area contributed by atoms with Crippen LogP contribution in [0.5, 0.6) is 0 Å². The molecule has 1 aromatic heterocycles. The molecule has 1 fully saturated rings. The van der Waals surface area contributed by atoms with Gasteiger partial charge in [-0.1, -0.05) is 24.3 Å². The molecule has 0 radical (unpaired) electrons. The second-order valence-corrected chi connectivity index (χ2v) is 6.74. The van der Waals surface area contributed by atoms with Gasteiger partial charge in [0.2, 0.25) is 0 Å². The van der Waals surface area contributed by atoms with Crippen molar-refractivity contribution >= 4 is 16.7 Å². The van der Waals surface area contributed by atoms with Crippen LogP contribution in [-0.2, 0) is 0 Å². The average molecular weight is 348 g/mol.